The predicted octanol–water partition coefficient (Wildman–Crippen LogP) is 0.686. The zero-order chi connectivity index (χ0) is 14.5. The molecule has 1 aliphatic heterocycles. The number of aromatic nitrogens is 3. The number of fused-ring (bicyclic) bond motifs is 1. The fourth-order valence-corrected chi connectivity index (χ4v) is 3.14. The first-order valence-electron chi connectivity index (χ1n) is 6.62. The van der Waals surface area contributed by atoms with Gasteiger partial charge in [-0.15, -0.1) is 10.2 Å². The summed E-state index contributed by atoms with van der Waals surface area (Å²) in [4.78, 5) is 22.0. The Morgan fingerprint density at radius 2 is 2.20 bits per heavy atom. The molecule has 8 heteroatoms. The second-order valence-electron chi connectivity index (χ2n) is 4.76. The van der Waals surface area contributed by atoms with Crippen molar-refractivity contribution in [2.45, 2.75) is 50.4 Å². The Bertz CT molecular complexity index is 503. The maximum Gasteiger partial charge on any atom is 0.327 e. The Hall–Kier alpha value is -1.57. The molecule has 0 aliphatic carbocycles. The maximum atomic E-state index is 11.1. The van der Waals surface area contributed by atoms with Crippen LogP contribution in [0.3, 0.4) is 0 Å². The van der Waals surface area contributed by atoms with Gasteiger partial charge in [0.1, 0.15) is 11.9 Å². The fraction of sp³-hybridized carbons (Fsp3) is 0.667. The maximum absolute atomic E-state index is 11.1. The first kappa shape index (κ1) is 14.8. The van der Waals surface area contributed by atoms with Gasteiger partial charge in [-0.1, -0.05) is 18.2 Å². The fourth-order valence-electron chi connectivity index (χ4n) is 2.14. The molecule has 0 saturated heterocycles. The number of nitrogens with one attached hydrogen (secondary N) is 1. The average molecular weight is 298 g/mol. The number of rotatable bonds is 5. The van der Waals surface area contributed by atoms with Crippen molar-refractivity contribution in [1.29, 1.82) is 0 Å². The van der Waals surface area contributed by atoms with Crippen LogP contribution in [-0.2, 0) is 22.6 Å². The molecule has 1 amide bonds. The minimum absolute atomic E-state index is 0.243. The topological polar surface area (TPSA) is 97.1 Å². The molecule has 7 nitrogen and oxygen atoms in total. The van der Waals surface area contributed by atoms with Crippen molar-refractivity contribution in [1.82, 2.24) is 20.1 Å². The number of amides is 1. The zero-order valence-electron chi connectivity index (χ0n) is 11.3. The van der Waals surface area contributed by atoms with E-state index in [-0.39, 0.29) is 11.7 Å². The summed E-state index contributed by atoms with van der Waals surface area (Å²) in [6.07, 6.45) is 4.30. The molecule has 1 unspecified atom stereocenters. The molecule has 1 aromatic heterocycles. The largest absolute Gasteiger partial charge is 0.480 e. The molecule has 0 saturated carbocycles. The van der Waals surface area contributed by atoms with Gasteiger partial charge in [-0.3, -0.25) is 4.79 Å². The molecule has 2 rings (SSSR count). The van der Waals surface area contributed by atoms with E-state index in [1.165, 1.54) is 25.1 Å². The minimum atomic E-state index is -1.04. The van der Waals surface area contributed by atoms with Crippen LogP contribution in [0.2, 0.25) is 0 Å². The Labute approximate surface area is 121 Å². The Morgan fingerprint density at radius 3 is 2.90 bits per heavy atom. The third-order valence-electron chi connectivity index (χ3n) is 3.13. The molecule has 110 valence electrons. The van der Waals surface area contributed by atoms with Gasteiger partial charge in [0, 0.05) is 25.6 Å². The highest BCUT2D eigenvalue weighted by atomic mass is 32.2. The standard InChI is InChI=1S/C12H18N4O3S/c1-8(17)13-9(11(18)19)7-20-12-15-14-10-5-3-2-4-6-16(10)12/h9H,2-7H2,1H3,(H,13,17)(H,18,19). The first-order valence-corrected chi connectivity index (χ1v) is 7.61. The van der Waals surface area contributed by atoms with Gasteiger partial charge in [0.25, 0.3) is 0 Å². The number of aryl methyl sites for hydroxylation is 1. The molecule has 1 aromatic rings. The molecule has 0 spiro atoms. The summed E-state index contributed by atoms with van der Waals surface area (Å²) in [5.74, 6) is -0.176. The van der Waals surface area contributed by atoms with Crippen LogP contribution in [0.1, 0.15) is 32.0 Å². The third kappa shape index (κ3) is 3.72. The van der Waals surface area contributed by atoms with Gasteiger partial charge in [0.05, 0.1) is 0 Å². The molecular weight excluding hydrogens is 280 g/mol. The summed E-state index contributed by atoms with van der Waals surface area (Å²) in [6, 6.07) is -0.906. The summed E-state index contributed by atoms with van der Waals surface area (Å²) in [5.41, 5.74) is 0. The third-order valence-corrected chi connectivity index (χ3v) is 4.19. The van der Waals surface area contributed by atoms with Crippen molar-refractivity contribution in [2.75, 3.05) is 5.75 Å². The van der Waals surface area contributed by atoms with Gasteiger partial charge in [-0.25, -0.2) is 4.79 Å². The number of nitrogens with zero attached hydrogens (tertiary/aromatic N) is 3. The van der Waals surface area contributed by atoms with Crippen LogP contribution in [0.15, 0.2) is 5.16 Å². The molecule has 0 radical (unpaired) electrons. The highest BCUT2D eigenvalue weighted by Crippen LogP contribution is 2.22. The number of carbonyl (C=O) groups is 2. The van der Waals surface area contributed by atoms with Crippen molar-refractivity contribution in [3.05, 3.63) is 5.82 Å². The summed E-state index contributed by atoms with van der Waals surface area (Å²) < 4.78 is 2.06. The quantitative estimate of drug-likeness (QED) is 0.776. The number of carbonyl (C=O) groups excluding carboxylic acids is 1. The molecule has 1 atom stereocenters. The second-order valence-corrected chi connectivity index (χ2v) is 5.75. The van der Waals surface area contributed by atoms with E-state index in [4.69, 9.17) is 5.11 Å². The van der Waals surface area contributed by atoms with E-state index in [1.54, 1.807) is 0 Å². The molecule has 2 N–H and O–H groups in total. The smallest absolute Gasteiger partial charge is 0.327 e. The molecule has 0 bridgehead atoms. The van der Waals surface area contributed by atoms with Gasteiger partial charge >= 0.3 is 5.97 Å². The van der Waals surface area contributed by atoms with E-state index in [9.17, 15) is 9.59 Å². The van der Waals surface area contributed by atoms with E-state index in [0.717, 1.165) is 36.8 Å². The molecular formula is C12H18N4O3S. The number of hydrogen-bond donors (Lipinski definition) is 2. The van der Waals surface area contributed by atoms with Crippen molar-refractivity contribution >= 4 is 23.6 Å². The van der Waals surface area contributed by atoms with Crippen LogP contribution in [0.25, 0.3) is 0 Å². The zero-order valence-corrected chi connectivity index (χ0v) is 12.2. The summed E-state index contributed by atoms with van der Waals surface area (Å²) >= 11 is 1.32. The normalized spacial score (nSPS) is 16.1. The lowest BCUT2D eigenvalue weighted by molar-refractivity contribution is -0.140. The monoisotopic (exact) mass is 298 g/mol. The molecule has 2 heterocycles. The molecule has 20 heavy (non-hydrogen) atoms. The van der Waals surface area contributed by atoms with E-state index in [1.807, 2.05) is 0 Å². The first-order chi connectivity index (χ1) is 9.58. The van der Waals surface area contributed by atoms with Crippen molar-refractivity contribution in [3.8, 4) is 0 Å². The van der Waals surface area contributed by atoms with Crippen LogP contribution in [0.5, 0.6) is 0 Å². The second kappa shape index (κ2) is 6.74. The average Bonchev–Trinajstić information content (AvgIpc) is 2.62. The van der Waals surface area contributed by atoms with Crippen LogP contribution in [-0.4, -0.2) is 43.5 Å². The van der Waals surface area contributed by atoms with Crippen molar-refractivity contribution in [2.24, 2.45) is 0 Å². The molecule has 1 aliphatic rings. The van der Waals surface area contributed by atoms with E-state index in [0.29, 0.717) is 0 Å². The predicted molar refractivity (Wildman–Crippen MR) is 73.5 cm³/mol. The Morgan fingerprint density at radius 1 is 1.40 bits per heavy atom. The highest BCUT2D eigenvalue weighted by Gasteiger charge is 2.21. The minimum Gasteiger partial charge on any atom is -0.480 e. The van der Waals surface area contributed by atoms with E-state index < -0.39 is 12.0 Å². The lowest BCUT2D eigenvalue weighted by Crippen LogP contribution is -2.41. The van der Waals surface area contributed by atoms with Crippen molar-refractivity contribution in [3.63, 3.8) is 0 Å². The van der Waals surface area contributed by atoms with Gasteiger partial charge in [-0.05, 0) is 12.8 Å². The number of carboxylic acid groups (broad SMARTS) is 1. The Balaban J connectivity index is 2.01. The number of aliphatic carboxylic acids is 1. The van der Waals surface area contributed by atoms with E-state index in [2.05, 4.69) is 20.1 Å². The van der Waals surface area contributed by atoms with Gasteiger partial charge < -0.3 is 15.0 Å². The van der Waals surface area contributed by atoms with Crippen LogP contribution in [0, 0.1) is 0 Å². The molecule has 0 aromatic carbocycles. The number of hydrogen-bond acceptors (Lipinski definition) is 5. The summed E-state index contributed by atoms with van der Waals surface area (Å²) in [6.45, 7) is 2.19. The van der Waals surface area contributed by atoms with Gasteiger partial charge in [0.15, 0.2) is 5.16 Å². The summed E-state index contributed by atoms with van der Waals surface area (Å²) in [5, 5.41) is 20.5. The number of thioether (sulfide) groups is 1. The van der Waals surface area contributed by atoms with Gasteiger partial charge in [0.2, 0.25) is 5.91 Å². The Kier molecular flexibility index (Phi) is 4.99. The molecule has 0 fully saturated rings. The van der Waals surface area contributed by atoms with Crippen LogP contribution >= 0.6 is 11.8 Å². The lowest BCUT2D eigenvalue weighted by Gasteiger charge is -2.13. The van der Waals surface area contributed by atoms with Crippen LogP contribution in [0.4, 0.5) is 0 Å². The SMILES string of the molecule is CC(=O)NC(CSc1nnc2n1CCCCC2)C(=O)O. The highest BCUT2D eigenvalue weighted by molar-refractivity contribution is 7.99. The summed E-state index contributed by atoms with van der Waals surface area (Å²) in [7, 11) is 0. The number of carboxylic acids is 1. The van der Waals surface area contributed by atoms with Gasteiger partial charge in [-0.2, -0.15) is 0 Å². The van der Waals surface area contributed by atoms with Crippen LogP contribution < -0.4 is 5.32 Å². The lowest BCUT2D eigenvalue weighted by atomic mass is 10.2. The van der Waals surface area contributed by atoms with E-state index >= 15 is 0 Å². The van der Waals surface area contributed by atoms with Crippen molar-refractivity contribution < 1.29 is 14.7 Å².